The average molecular weight is 412 g/mol. The van der Waals surface area contributed by atoms with Gasteiger partial charge in [-0.25, -0.2) is 4.98 Å². The number of aromatic nitrogens is 2. The van der Waals surface area contributed by atoms with Crippen molar-refractivity contribution >= 4 is 17.2 Å². The molecule has 1 fully saturated rings. The number of hydrogen-bond donors (Lipinski definition) is 0. The van der Waals surface area contributed by atoms with Crippen LogP contribution in [0.3, 0.4) is 0 Å². The minimum absolute atomic E-state index is 0.0181. The Balaban J connectivity index is 1.42. The summed E-state index contributed by atoms with van der Waals surface area (Å²) in [5.74, 6) is 1.59. The molecule has 3 heterocycles. The van der Waals surface area contributed by atoms with Crippen LogP contribution in [0.15, 0.2) is 54.2 Å². The van der Waals surface area contributed by atoms with Gasteiger partial charge in [-0.2, -0.15) is 0 Å². The van der Waals surface area contributed by atoms with Gasteiger partial charge in [-0.05, 0) is 48.6 Å². The number of imidazole rings is 1. The van der Waals surface area contributed by atoms with Crippen LogP contribution in [0.2, 0.25) is 0 Å². The van der Waals surface area contributed by atoms with Gasteiger partial charge in [-0.15, -0.1) is 11.3 Å². The standard InChI is InChI=1S/C22H25N3O3S/c1-24-11-10-23-21(24)16-28-18-8-6-17(7-9-18)22(26)25(14-19-4-2-12-27-19)15-20-5-3-13-29-20/h3,5-11,13,19H,2,4,12,14-16H2,1H3. The Hall–Kier alpha value is -2.64. The van der Waals surface area contributed by atoms with E-state index in [9.17, 15) is 4.79 Å². The molecular formula is C22H25N3O3S. The summed E-state index contributed by atoms with van der Waals surface area (Å²) >= 11 is 1.67. The van der Waals surface area contributed by atoms with Crippen LogP contribution in [0.4, 0.5) is 0 Å². The summed E-state index contributed by atoms with van der Waals surface area (Å²) in [7, 11) is 1.93. The summed E-state index contributed by atoms with van der Waals surface area (Å²) in [6, 6.07) is 11.4. The Bertz CT molecular complexity index is 915. The second-order valence-corrected chi connectivity index (χ2v) is 8.20. The number of carbonyl (C=O) groups is 1. The molecule has 29 heavy (non-hydrogen) atoms. The van der Waals surface area contributed by atoms with Crippen molar-refractivity contribution in [2.75, 3.05) is 13.2 Å². The number of nitrogens with zero attached hydrogens (tertiary/aromatic N) is 3. The number of thiophene rings is 1. The normalized spacial score (nSPS) is 16.1. The first-order valence-electron chi connectivity index (χ1n) is 9.81. The number of ether oxygens (including phenoxy) is 2. The molecule has 6 nitrogen and oxygen atoms in total. The number of amides is 1. The molecule has 1 saturated heterocycles. The van der Waals surface area contributed by atoms with E-state index < -0.39 is 0 Å². The van der Waals surface area contributed by atoms with Crippen LogP contribution in [-0.4, -0.2) is 39.6 Å². The van der Waals surface area contributed by atoms with Gasteiger partial charge in [0.1, 0.15) is 18.2 Å². The molecule has 7 heteroatoms. The lowest BCUT2D eigenvalue weighted by atomic mass is 10.1. The van der Waals surface area contributed by atoms with E-state index >= 15 is 0 Å². The molecule has 2 aromatic heterocycles. The molecule has 0 radical (unpaired) electrons. The highest BCUT2D eigenvalue weighted by Crippen LogP contribution is 2.21. The van der Waals surface area contributed by atoms with E-state index in [0.717, 1.165) is 25.3 Å². The van der Waals surface area contributed by atoms with Gasteiger partial charge in [0, 0.05) is 43.0 Å². The molecule has 3 aromatic rings. The number of benzene rings is 1. The fourth-order valence-electron chi connectivity index (χ4n) is 3.40. The van der Waals surface area contributed by atoms with Crippen molar-refractivity contribution in [3.05, 3.63) is 70.4 Å². The molecule has 0 saturated carbocycles. The predicted molar refractivity (Wildman–Crippen MR) is 112 cm³/mol. The summed E-state index contributed by atoms with van der Waals surface area (Å²) in [5, 5.41) is 2.04. The summed E-state index contributed by atoms with van der Waals surface area (Å²) in [6.45, 7) is 2.40. The first kappa shape index (κ1) is 19.7. The third kappa shape index (κ3) is 5.05. The zero-order valence-electron chi connectivity index (χ0n) is 16.5. The molecule has 0 spiro atoms. The highest BCUT2D eigenvalue weighted by atomic mass is 32.1. The molecule has 0 N–H and O–H groups in total. The van der Waals surface area contributed by atoms with Crippen LogP contribution in [0, 0.1) is 0 Å². The zero-order chi connectivity index (χ0) is 20.1. The van der Waals surface area contributed by atoms with Crippen LogP contribution in [0.1, 0.15) is 33.9 Å². The maximum absolute atomic E-state index is 13.2. The Morgan fingerprint density at radius 1 is 1.34 bits per heavy atom. The van der Waals surface area contributed by atoms with Gasteiger partial charge in [-0.1, -0.05) is 6.07 Å². The van der Waals surface area contributed by atoms with Crippen molar-refractivity contribution in [2.45, 2.75) is 32.1 Å². The van der Waals surface area contributed by atoms with E-state index in [4.69, 9.17) is 9.47 Å². The van der Waals surface area contributed by atoms with Crippen LogP contribution < -0.4 is 4.74 Å². The highest BCUT2D eigenvalue weighted by Gasteiger charge is 2.24. The van der Waals surface area contributed by atoms with E-state index in [0.29, 0.717) is 31.0 Å². The lowest BCUT2D eigenvalue weighted by molar-refractivity contribution is 0.0509. The van der Waals surface area contributed by atoms with Gasteiger partial charge >= 0.3 is 0 Å². The summed E-state index contributed by atoms with van der Waals surface area (Å²) in [6.07, 6.45) is 5.83. The van der Waals surface area contributed by atoms with E-state index in [1.807, 2.05) is 58.4 Å². The summed E-state index contributed by atoms with van der Waals surface area (Å²) in [5.41, 5.74) is 0.656. The molecule has 1 unspecified atom stereocenters. The third-order valence-corrected chi connectivity index (χ3v) is 5.91. The lowest BCUT2D eigenvalue weighted by Crippen LogP contribution is -2.36. The number of hydrogen-bond acceptors (Lipinski definition) is 5. The first-order chi connectivity index (χ1) is 14.2. The Morgan fingerprint density at radius 2 is 2.21 bits per heavy atom. The van der Waals surface area contributed by atoms with Crippen LogP contribution in [-0.2, 0) is 24.9 Å². The molecule has 1 aliphatic rings. The average Bonchev–Trinajstić information content (AvgIpc) is 3.50. The maximum Gasteiger partial charge on any atom is 0.254 e. The van der Waals surface area contributed by atoms with Crippen molar-refractivity contribution < 1.29 is 14.3 Å². The fourth-order valence-corrected chi connectivity index (χ4v) is 4.12. The molecule has 4 rings (SSSR count). The fraction of sp³-hybridized carbons (Fsp3) is 0.364. The number of aryl methyl sites for hydroxylation is 1. The second-order valence-electron chi connectivity index (χ2n) is 7.17. The first-order valence-corrected chi connectivity index (χ1v) is 10.7. The Morgan fingerprint density at radius 3 is 2.86 bits per heavy atom. The van der Waals surface area contributed by atoms with E-state index in [2.05, 4.69) is 11.1 Å². The van der Waals surface area contributed by atoms with E-state index in [1.165, 1.54) is 4.88 Å². The molecule has 0 bridgehead atoms. The van der Waals surface area contributed by atoms with Crippen LogP contribution >= 0.6 is 11.3 Å². The third-order valence-electron chi connectivity index (χ3n) is 5.05. The van der Waals surface area contributed by atoms with Gasteiger partial charge in [0.15, 0.2) is 0 Å². The lowest BCUT2D eigenvalue weighted by Gasteiger charge is -2.25. The smallest absolute Gasteiger partial charge is 0.254 e. The summed E-state index contributed by atoms with van der Waals surface area (Å²) in [4.78, 5) is 20.5. The van der Waals surface area contributed by atoms with Crippen molar-refractivity contribution in [3.63, 3.8) is 0 Å². The molecular weight excluding hydrogens is 386 g/mol. The Labute approximate surface area is 174 Å². The monoisotopic (exact) mass is 411 g/mol. The van der Waals surface area contributed by atoms with Crippen LogP contribution in [0.25, 0.3) is 0 Å². The van der Waals surface area contributed by atoms with Crippen molar-refractivity contribution in [1.82, 2.24) is 14.5 Å². The molecule has 1 atom stereocenters. The SMILES string of the molecule is Cn1ccnc1COc1ccc(C(=O)N(Cc2cccs2)CC2CCCO2)cc1. The van der Waals surface area contributed by atoms with Crippen molar-refractivity contribution in [1.29, 1.82) is 0 Å². The number of rotatable bonds is 8. The molecule has 0 aliphatic carbocycles. The minimum Gasteiger partial charge on any atom is -0.486 e. The predicted octanol–water partition coefficient (Wildman–Crippen LogP) is 3.88. The van der Waals surface area contributed by atoms with Crippen molar-refractivity contribution in [3.8, 4) is 5.75 Å². The maximum atomic E-state index is 13.2. The van der Waals surface area contributed by atoms with Gasteiger partial charge in [0.2, 0.25) is 0 Å². The zero-order valence-corrected chi connectivity index (χ0v) is 17.3. The quantitative estimate of drug-likeness (QED) is 0.564. The highest BCUT2D eigenvalue weighted by molar-refractivity contribution is 7.09. The van der Waals surface area contributed by atoms with E-state index in [-0.39, 0.29) is 12.0 Å². The number of carbonyl (C=O) groups excluding carboxylic acids is 1. The van der Waals surface area contributed by atoms with Crippen LogP contribution in [0.5, 0.6) is 5.75 Å². The summed E-state index contributed by atoms with van der Waals surface area (Å²) < 4.78 is 13.5. The van der Waals surface area contributed by atoms with Gasteiger partial charge in [0.05, 0.1) is 12.6 Å². The van der Waals surface area contributed by atoms with Gasteiger partial charge in [-0.3, -0.25) is 4.79 Å². The van der Waals surface area contributed by atoms with Gasteiger partial charge < -0.3 is 18.9 Å². The Kier molecular flexibility index (Phi) is 6.27. The molecule has 1 amide bonds. The minimum atomic E-state index is 0.0181. The van der Waals surface area contributed by atoms with Crippen molar-refractivity contribution in [2.24, 2.45) is 7.05 Å². The topological polar surface area (TPSA) is 56.6 Å². The second kappa shape index (κ2) is 9.24. The largest absolute Gasteiger partial charge is 0.486 e. The molecule has 152 valence electrons. The van der Waals surface area contributed by atoms with E-state index in [1.54, 1.807) is 17.5 Å². The molecule has 1 aliphatic heterocycles. The van der Waals surface area contributed by atoms with Gasteiger partial charge in [0.25, 0.3) is 5.91 Å². The molecule has 1 aromatic carbocycles.